The van der Waals surface area contributed by atoms with Gasteiger partial charge < -0.3 is 11.1 Å². The fraction of sp³-hybridized carbons (Fsp3) is 0.364. The number of aryl methyl sites for hydroxylation is 1. The Hall–Kier alpha value is -1.35. The largest absolute Gasteiger partial charge is 0.324 e. The zero-order valence-corrected chi connectivity index (χ0v) is 8.21. The highest BCUT2D eigenvalue weighted by Gasteiger charge is 2.23. The molecule has 0 bridgehead atoms. The fourth-order valence-corrected chi connectivity index (χ4v) is 1.82. The van der Waals surface area contributed by atoms with Crippen LogP contribution in [0.3, 0.4) is 0 Å². The van der Waals surface area contributed by atoms with Gasteiger partial charge in [0.15, 0.2) is 0 Å². The zero-order valence-electron chi connectivity index (χ0n) is 8.21. The smallest absolute Gasteiger partial charge is 0.241 e. The lowest BCUT2D eigenvalue weighted by atomic mass is 9.95. The van der Waals surface area contributed by atoms with E-state index >= 15 is 0 Å². The molecule has 1 heterocycles. The summed E-state index contributed by atoms with van der Waals surface area (Å²) >= 11 is 0. The molecule has 0 aromatic heterocycles. The molecule has 0 fully saturated rings. The summed E-state index contributed by atoms with van der Waals surface area (Å²) in [4.78, 5) is 11.4. The molecule has 1 aliphatic rings. The van der Waals surface area contributed by atoms with E-state index in [-0.39, 0.29) is 5.91 Å². The molecule has 0 aliphatic carbocycles. The predicted molar refractivity (Wildman–Crippen MR) is 56.1 cm³/mol. The van der Waals surface area contributed by atoms with E-state index in [9.17, 15) is 4.79 Å². The van der Waals surface area contributed by atoms with Gasteiger partial charge in [0, 0.05) is 5.69 Å². The van der Waals surface area contributed by atoms with E-state index in [2.05, 4.69) is 12.2 Å². The van der Waals surface area contributed by atoms with Crippen molar-refractivity contribution in [3.8, 4) is 0 Å². The van der Waals surface area contributed by atoms with Crippen LogP contribution in [0, 0.1) is 0 Å². The molecule has 74 valence electrons. The number of rotatable bonds is 1. The Balaban J connectivity index is 2.46. The fourth-order valence-electron chi connectivity index (χ4n) is 1.82. The topological polar surface area (TPSA) is 55.1 Å². The lowest BCUT2D eigenvalue weighted by molar-refractivity contribution is -0.117. The third kappa shape index (κ3) is 1.40. The maximum absolute atomic E-state index is 11.4. The van der Waals surface area contributed by atoms with Gasteiger partial charge >= 0.3 is 0 Å². The van der Waals surface area contributed by atoms with Crippen molar-refractivity contribution in [2.45, 2.75) is 25.8 Å². The van der Waals surface area contributed by atoms with Gasteiger partial charge in [-0.3, -0.25) is 4.79 Å². The minimum Gasteiger partial charge on any atom is -0.324 e. The molecule has 0 saturated carbocycles. The number of nitrogens with two attached hydrogens (primary N) is 1. The quantitative estimate of drug-likeness (QED) is 0.696. The number of hydrogen-bond donors (Lipinski definition) is 2. The van der Waals surface area contributed by atoms with Crippen molar-refractivity contribution < 1.29 is 4.79 Å². The summed E-state index contributed by atoms with van der Waals surface area (Å²) in [5.74, 6) is -0.0709. The molecule has 3 nitrogen and oxygen atoms in total. The molecule has 1 aromatic carbocycles. The number of carbonyl (C=O) groups is 1. The molecule has 1 amide bonds. The Bertz CT molecular complexity index is 374. The molecule has 14 heavy (non-hydrogen) atoms. The first-order valence-corrected chi connectivity index (χ1v) is 4.89. The minimum absolute atomic E-state index is 0.0709. The first kappa shape index (κ1) is 9.21. The molecular weight excluding hydrogens is 176 g/mol. The number of hydrogen-bond acceptors (Lipinski definition) is 2. The molecule has 1 aromatic rings. The number of para-hydroxylation sites is 1. The van der Waals surface area contributed by atoms with E-state index in [0.29, 0.717) is 6.42 Å². The summed E-state index contributed by atoms with van der Waals surface area (Å²) in [5, 5.41) is 2.87. The summed E-state index contributed by atoms with van der Waals surface area (Å²) in [5.41, 5.74) is 8.98. The van der Waals surface area contributed by atoms with E-state index < -0.39 is 6.04 Å². The number of benzene rings is 1. The lowest BCUT2D eigenvalue weighted by Gasteiger charge is -2.23. The number of amides is 1. The van der Waals surface area contributed by atoms with E-state index in [1.54, 1.807) is 0 Å². The monoisotopic (exact) mass is 190 g/mol. The van der Waals surface area contributed by atoms with Gasteiger partial charge in [-0.05, 0) is 24.0 Å². The van der Waals surface area contributed by atoms with Crippen molar-refractivity contribution in [1.29, 1.82) is 0 Å². The number of carbonyl (C=O) groups excluding carboxylic acids is 1. The van der Waals surface area contributed by atoms with Gasteiger partial charge in [0.05, 0.1) is 6.04 Å². The van der Waals surface area contributed by atoms with Gasteiger partial charge in [-0.15, -0.1) is 0 Å². The molecule has 1 aliphatic heterocycles. The van der Waals surface area contributed by atoms with Crippen molar-refractivity contribution in [1.82, 2.24) is 0 Å². The molecule has 1 unspecified atom stereocenters. The molecule has 0 radical (unpaired) electrons. The summed E-state index contributed by atoms with van der Waals surface area (Å²) in [6.07, 6.45) is 1.58. The van der Waals surface area contributed by atoms with E-state index in [4.69, 9.17) is 5.73 Å². The van der Waals surface area contributed by atoms with Gasteiger partial charge in [0.25, 0.3) is 0 Å². The molecule has 2 rings (SSSR count). The summed E-state index contributed by atoms with van der Waals surface area (Å²) in [6, 6.07) is 5.68. The van der Waals surface area contributed by atoms with E-state index in [1.807, 2.05) is 18.2 Å². The van der Waals surface area contributed by atoms with Gasteiger partial charge in [0.2, 0.25) is 5.91 Å². The van der Waals surface area contributed by atoms with Crippen LogP contribution in [0.4, 0.5) is 5.69 Å². The maximum Gasteiger partial charge on any atom is 0.241 e. The second-order valence-corrected chi connectivity index (χ2v) is 3.60. The second kappa shape index (κ2) is 3.42. The molecule has 3 N–H and O–H groups in total. The van der Waals surface area contributed by atoms with Crippen LogP contribution in [0.15, 0.2) is 18.2 Å². The highest BCUT2D eigenvalue weighted by atomic mass is 16.2. The Morgan fingerprint density at radius 1 is 1.57 bits per heavy atom. The molecule has 1 atom stereocenters. The second-order valence-electron chi connectivity index (χ2n) is 3.60. The highest BCUT2D eigenvalue weighted by Crippen LogP contribution is 2.26. The van der Waals surface area contributed by atoms with Crippen molar-refractivity contribution in [2.75, 3.05) is 5.32 Å². The summed E-state index contributed by atoms with van der Waals surface area (Å²) in [7, 11) is 0. The average Bonchev–Trinajstić information content (AvgIpc) is 2.19. The van der Waals surface area contributed by atoms with Crippen molar-refractivity contribution in [3.63, 3.8) is 0 Å². The summed E-state index contributed by atoms with van der Waals surface area (Å²) in [6.45, 7) is 2.08. The third-order valence-corrected chi connectivity index (χ3v) is 2.64. The van der Waals surface area contributed by atoms with Crippen LogP contribution in [-0.2, 0) is 17.6 Å². The standard InChI is InChI=1S/C11H14N2O/c1-2-7-4-3-5-8-6-9(12)11(14)13-10(7)8/h3-5,9H,2,6,12H2,1H3,(H,13,14). The Labute approximate surface area is 83.3 Å². The Morgan fingerprint density at radius 3 is 3.07 bits per heavy atom. The van der Waals surface area contributed by atoms with Crippen LogP contribution < -0.4 is 11.1 Å². The van der Waals surface area contributed by atoms with Crippen molar-refractivity contribution in [2.24, 2.45) is 5.73 Å². The number of anilines is 1. The van der Waals surface area contributed by atoms with E-state index in [1.165, 1.54) is 5.56 Å². The first-order valence-electron chi connectivity index (χ1n) is 4.89. The summed E-state index contributed by atoms with van der Waals surface area (Å²) < 4.78 is 0. The van der Waals surface area contributed by atoms with Crippen LogP contribution in [0.1, 0.15) is 18.1 Å². The van der Waals surface area contributed by atoms with Crippen molar-refractivity contribution >= 4 is 11.6 Å². The predicted octanol–water partition coefficient (Wildman–Crippen LogP) is 1.07. The van der Waals surface area contributed by atoms with Crippen LogP contribution >= 0.6 is 0 Å². The Morgan fingerprint density at radius 2 is 2.36 bits per heavy atom. The molecule has 0 spiro atoms. The van der Waals surface area contributed by atoms with Crippen LogP contribution in [0.5, 0.6) is 0 Å². The van der Waals surface area contributed by atoms with Crippen LogP contribution in [0.2, 0.25) is 0 Å². The van der Waals surface area contributed by atoms with Crippen LogP contribution in [0.25, 0.3) is 0 Å². The average molecular weight is 190 g/mol. The lowest BCUT2D eigenvalue weighted by Crippen LogP contribution is -2.41. The van der Waals surface area contributed by atoms with Gasteiger partial charge in [-0.2, -0.15) is 0 Å². The highest BCUT2D eigenvalue weighted by molar-refractivity contribution is 5.98. The van der Waals surface area contributed by atoms with Gasteiger partial charge in [-0.1, -0.05) is 25.1 Å². The van der Waals surface area contributed by atoms with Gasteiger partial charge in [0.1, 0.15) is 0 Å². The third-order valence-electron chi connectivity index (χ3n) is 2.64. The zero-order chi connectivity index (χ0) is 10.1. The minimum atomic E-state index is -0.394. The van der Waals surface area contributed by atoms with Crippen LogP contribution in [-0.4, -0.2) is 11.9 Å². The number of nitrogens with one attached hydrogen (secondary N) is 1. The normalized spacial score (nSPS) is 20.1. The van der Waals surface area contributed by atoms with E-state index in [0.717, 1.165) is 17.7 Å². The first-order chi connectivity index (χ1) is 6.72. The molecule has 0 saturated heterocycles. The molecule has 3 heteroatoms. The van der Waals surface area contributed by atoms with Gasteiger partial charge in [-0.25, -0.2) is 0 Å². The Kier molecular flexibility index (Phi) is 2.25. The molecular formula is C11H14N2O. The SMILES string of the molecule is CCc1cccc2c1NC(=O)C(N)C2. The van der Waals surface area contributed by atoms with Crippen molar-refractivity contribution in [3.05, 3.63) is 29.3 Å². The maximum atomic E-state index is 11.4. The number of fused-ring (bicyclic) bond motifs is 1.